The molecule has 10 heavy (non-hydrogen) atoms. The lowest BCUT2D eigenvalue weighted by atomic mass is 10.2. The third kappa shape index (κ3) is 8.25. The van der Waals surface area contributed by atoms with Gasteiger partial charge in [-0.1, -0.05) is 20.3 Å². The Kier molecular flexibility index (Phi) is 11.9. The predicted octanol–water partition coefficient (Wildman–Crippen LogP) is 2.60. The van der Waals surface area contributed by atoms with E-state index < -0.39 is 0 Å². The summed E-state index contributed by atoms with van der Waals surface area (Å²) < 4.78 is 0. The zero-order valence-corrected chi connectivity index (χ0v) is 8.13. The average Bonchev–Trinajstić information content (AvgIpc) is 1.89. The highest BCUT2D eigenvalue weighted by Gasteiger charge is 1.93. The lowest BCUT2D eigenvalue weighted by Crippen LogP contribution is -2.25. The van der Waals surface area contributed by atoms with E-state index in [1.165, 1.54) is 25.8 Å². The van der Waals surface area contributed by atoms with Crippen molar-refractivity contribution in [1.29, 1.82) is 0 Å². The molecule has 0 aliphatic carbocycles. The minimum Gasteiger partial charge on any atom is -0.314 e. The molecule has 64 valence electrons. The van der Waals surface area contributed by atoms with Gasteiger partial charge in [-0.05, 0) is 26.3 Å². The molecule has 1 N–H and O–H groups in total. The van der Waals surface area contributed by atoms with E-state index in [9.17, 15) is 0 Å². The summed E-state index contributed by atoms with van der Waals surface area (Å²) in [6.07, 6.45) is 3.84. The molecule has 1 nitrogen and oxygen atoms in total. The predicted molar refractivity (Wildman–Crippen MR) is 49.9 cm³/mol. The van der Waals surface area contributed by atoms with Crippen molar-refractivity contribution in [3.05, 3.63) is 0 Å². The van der Waals surface area contributed by atoms with E-state index in [1.54, 1.807) is 0 Å². The summed E-state index contributed by atoms with van der Waals surface area (Å²) in [6, 6.07) is 0.705. The van der Waals surface area contributed by atoms with Gasteiger partial charge in [-0.3, -0.25) is 0 Å². The first-order valence-corrected chi connectivity index (χ1v) is 4.04. The van der Waals surface area contributed by atoms with Gasteiger partial charge >= 0.3 is 0 Å². The molecule has 0 heterocycles. The molecule has 1 atom stereocenters. The molecule has 0 aromatic carbocycles. The molecule has 0 fully saturated rings. The van der Waals surface area contributed by atoms with Crippen molar-refractivity contribution in [2.24, 2.45) is 0 Å². The van der Waals surface area contributed by atoms with Crippen LogP contribution in [0.4, 0.5) is 0 Å². The summed E-state index contributed by atoms with van der Waals surface area (Å²) in [5.41, 5.74) is 0. The van der Waals surface area contributed by atoms with Crippen LogP contribution in [0.25, 0.3) is 0 Å². The van der Waals surface area contributed by atoms with Crippen molar-refractivity contribution in [1.82, 2.24) is 5.32 Å². The fraction of sp³-hybridized carbons (Fsp3) is 1.00. The van der Waals surface area contributed by atoms with Gasteiger partial charge in [-0.25, -0.2) is 0 Å². The average molecular weight is 166 g/mol. The second-order valence-corrected chi connectivity index (χ2v) is 2.62. The van der Waals surface area contributed by atoms with E-state index in [4.69, 9.17) is 0 Å². The van der Waals surface area contributed by atoms with E-state index >= 15 is 0 Å². The highest BCUT2D eigenvalue weighted by molar-refractivity contribution is 5.85. The smallest absolute Gasteiger partial charge is 0.00360 e. The van der Waals surface area contributed by atoms with Crippen molar-refractivity contribution in [2.75, 3.05) is 6.54 Å². The van der Waals surface area contributed by atoms with Gasteiger partial charge in [0.05, 0.1) is 0 Å². The van der Waals surface area contributed by atoms with E-state index in [1.807, 2.05) is 0 Å². The maximum atomic E-state index is 3.43. The first kappa shape index (κ1) is 12.9. The molecule has 0 aromatic heterocycles. The second kappa shape index (κ2) is 9.25. The number of rotatable bonds is 5. The van der Waals surface area contributed by atoms with E-state index in [2.05, 4.69) is 26.1 Å². The monoisotopic (exact) mass is 165 g/mol. The van der Waals surface area contributed by atoms with Gasteiger partial charge in [0, 0.05) is 6.04 Å². The van der Waals surface area contributed by atoms with Gasteiger partial charge in [-0.2, -0.15) is 0 Å². The Morgan fingerprint density at radius 1 is 1.30 bits per heavy atom. The number of unbranched alkanes of at least 4 members (excludes halogenated alkanes) is 1. The Morgan fingerprint density at radius 3 is 2.30 bits per heavy atom. The van der Waals surface area contributed by atoms with Gasteiger partial charge in [-0.15, -0.1) is 12.4 Å². The standard InChI is InChI=1S/C8H19N.ClH/c1-4-6-7-9-8(3)5-2;/h8-9H,4-7H2,1-3H3;1H. The molecule has 0 rings (SSSR count). The summed E-state index contributed by atoms with van der Waals surface area (Å²) >= 11 is 0. The van der Waals surface area contributed by atoms with Crippen molar-refractivity contribution in [3.63, 3.8) is 0 Å². The van der Waals surface area contributed by atoms with Crippen LogP contribution in [0.3, 0.4) is 0 Å². The van der Waals surface area contributed by atoms with E-state index in [0.29, 0.717) is 6.04 Å². The minimum atomic E-state index is 0. The summed E-state index contributed by atoms with van der Waals surface area (Å²) in [7, 11) is 0. The summed E-state index contributed by atoms with van der Waals surface area (Å²) in [4.78, 5) is 0. The first-order chi connectivity index (χ1) is 4.31. The Bertz CT molecular complexity index is 57.2. The van der Waals surface area contributed by atoms with Crippen LogP contribution in [-0.4, -0.2) is 12.6 Å². The molecular formula is C8H20ClN. The highest BCUT2D eigenvalue weighted by atomic mass is 35.5. The zero-order valence-electron chi connectivity index (χ0n) is 7.31. The molecule has 2 heteroatoms. The molecule has 1 unspecified atom stereocenters. The molecule has 0 aliphatic heterocycles. The lowest BCUT2D eigenvalue weighted by Gasteiger charge is -2.09. The fourth-order valence-electron chi connectivity index (χ4n) is 0.670. The van der Waals surface area contributed by atoms with Crippen molar-refractivity contribution >= 4 is 12.4 Å². The molecule has 0 spiro atoms. The fourth-order valence-corrected chi connectivity index (χ4v) is 0.670. The molecule has 0 aliphatic rings. The van der Waals surface area contributed by atoms with Gasteiger partial charge in [0.2, 0.25) is 0 Å². The van der Waals surface area contributed by atoms with Gasteiger partial charge in [0.15, 0.2) is 0 Å². The third-order valence-corrected chi connectivity index (χ3v) is 1.64. The minimum absolute atomic E-state index is 0. The van der Waals surface area contributed by atoms with Gasteiger partial charge in [0.25, 0.3) is 0 Å². The first-order valence-electron chi connectivity index (χ1n) is 4.04. The van der Waals surface area contributed by atoms with Crippen LogP contribution in [0, 0.1) is 0 Å². The van der Waals surface area contributed by atoms with Crippen LogP contribution in [-0.2, 0) is 0 Å². The Labute approximate surface area is 71.0 Å². The molecule has 0 saturated heterocycles. The Hall–Kier alpha value is 0.250. The molecule has 0 radical (unpaired) electrons. The second-order valence-electron chi connectivity index (χ2n) is 2.62. The maximum absolute atomic E-state index is 3.43. The quantitative estimate of drug-likeness (QED) is 0.618. The van der Waals surface area contributed by atoms with E-state index in [0.717, 1.165) is 0 Å². The van der Waals surface area contributed by atoms with E-state index in [-0.39, 0.29) is 12.4 Å². The summed E-state index contributed by atoms with van der Waals surface area (Å²) in [6.45, 7) is 7.85. The highest BCUT2D eigenvalue weighted by Crippen LogP contribution is 1.89. The van der Waals surface area contributed by atoms with Crippen molar-refractivity contribution < 1.29 is 0 Å². The third-order valence-electron chi connectivity index (χ3n) is 1.64. The Balaban J connectivity index is 0. The summed E-state index contributed by atoms with van der Waals surface area (Å²) in [5, 5.41) is 3.43. The maximum Gasteiger partial charge on any atom is 0.00360 e. The SMILES string of the molecule is CCCCNC(C)CC.Cl. The molecule has 0 bridgehead atoms. The van der Waals surface area contributed by atoms with Gasteiger partial charge in [0.1, 0.15) is 0 Å². The summed E-state index contributed by atoms with van der Waals surface area (Å²) in [5.74, 6) is 0. The molecule has 0 saturated carbocycles. The van der Waals surface area contributed by atoms with Crippen LogP contribution in [0.2, 0.25) is 0 Å². The number of nitrogens with one attached hydrogen (secondary N) is 1. The van der Waals surface area contributed by atoms with Crippen LogP contribution in [0.1, 0.15) is 40.0 Å². The number of halogens is 1. The molecule has 0 amide bonds. The topological polar surface area (TPSA) is 12.0 Å². The van der Waals surface area contributed by atoms with Crippen LogP contribution < -0.4 is 5.32 Å². The van der Waals surface area contributed by atoms with Crippen molar-refractivity contribution in [3.8, 4) is 0 Å². The van der Waals surface area contributed by atoms with Crippen LogP contribution in [0.5, 0.6) is 0 Å². The molecule has 0 aromatic rings. The zero-order chi connectivity index (χ0) is 7.11. The number of hydrogen-bond donors (Lipinski definition) is 1. The van der Waals surface area contributed by atoms with Gasteiger partial charge < -0.3 is 5.32 Å². The van der Waals surface area contributed by atoms with Crippen LogP contribution >= 0.6 is 12.4 Å². The van der Waals surface area contributed by atoms with Crippen LogP contribution in [0.15, 0.2) is 0 Å². The number of hydrogen-bond acceptors (Lipinski definition) is 1. The normalized spacial score (nSPS) is 12.3. The molecular weight excluding hydrogens is 146 g/mol. The lowest BCUT2D eigenvalue weighted by molar-refractivity contribution is 0.521. The largest absolute Gasteiger partial charge is 0.314 e. The Morgan fingerprint density at radius 2 is 1.90 bits per heavy atom. The van der Waals surface area contributed by atoms with Crippen molar-refractivity contribution in [2.45, 2.75) is 46.1 Å².